The molecule has 22 nitrogen and oxygen atoms in total. The number of nitrogens with zero attached hydrogens (tertiary/aromatic N) is 10. The number of ether oxygens (including phenoxy) is 5. The molecule has 0 unspecified atom stereocenters. The molecule has 1 saturated heterocycles. The van der Waals surface area contributed by atoms with Crippen LogP contribution in [0.25, 0.3) is 45.4 Å². The van der Waals surface area contributed by atoms with E-state index < -0.39 is 36.5 Å². The maximum atomic E-state index is 12.8. The van der Waals surface area contributed by atoms with E-state index in [1.54, 1.807) is 88.1 Å². The first-order valence-corrected chi connectivity index (χ1v) is 22.9. The predicted molar refractivity (Wildman–Crippen MR) is 278 cm³/mol. The van der Waals surface area contributed by atoms with Crippen molar-refractivity contribution in [2.24, 2.45) is 15.5 Å². The van der Waals surface area contributed by atoms with Gasteiger partial charge in [-0.1, -0.05) is 57.9 Å². The molecule has 6 N–H and O–H groups in total. The Labute approximate surface area is 439 Å². The standard InChI is InChI=1S/C17H19N3O6.C13H12N2O2.C12H10FN3O2.C12H10N2O2/c1-9-14(21)15(22)16(23)17(25-9)26-11-6-10(8-19-24)20-13(7-11)12-4-2-3-5-18-12;1-17-12-7-11(9-14-16)15-13(8-12)10-5-3-2-4-6-10;1-18-10-4-9(7-15-17)16-12(5-10)11-3-2-8(13)6-14-11;1-16-10-6-9(8-15)14-12(7-10)11-4-2-3-5-13-11/h2-9,14-17,21-24H,1H3;2-9,16H,1H3;2-7,17H,1H3;2-8H,1H3/b19-8+;14-9+;15-7+;/t9-,14-,15+,16-,17-;;;/m1.../s1. The molecule has 8 heterocycles. The van der Waals surface area contributed by atoms with E-state index >= 15 is 0 Å². The smallest absolute Gasteiger partial charge is 0.229 e. The molecule has 0 radical (unpaired) electrons. The van der Waals surface area contributed by atoms with Gasteiger partial charge in [-0.05, 0) is 43.3 Å². The number of carbonyl (C=O) groups excluding carboxylic acids is 1. The Morgan fingerprint density at radius 2 is 0.948 bits per heavy atom. The van der Waals surface area contributed by atoms with Crippen LogP contribution in [0.1, 0.15) is 34.5 Å². The average Bonchev–Trinajstić information content (AvgIpc) is 3.47. The number of rotatable bonds is 13. The van der Waals surface area contributed by atoms with Gasteiger partial charge in [-0.2, -0.15) is 0 Å². The minimum atomic E-state index is -1.44. The molecule has 1 aliphatic heterocycles. The highest BCUT2D eigenvalue weighted by molar-refractivity contribution is 5.80. The van der Waals surface area contributed by atoms with Crippen molar-refractivity contribution >= 4 is 24.9 Å². The topological polar surface area (TPSA) is 312 Å². The van der Waals surface area contributed by atoms with Crippen LogP contribution in [-0.2, 0) is 4.74 Å². The van der Waals surface area contributed by atoms with Gasteiger partial charge in [0.05, 0.1) is 109 Å². The molecule has 396 valence electrons. The summed E-state index contributed by atoms with van der Waals surface area (Å²) in [7, 11) is 4.65. The quantitative estimate of drug-likeness (QED) is 0.0300. The van der Waals surface area contributed by atoms with Crippen LogP contribution >= 0.6 is 0 Å². The summed E-state index contributed by atoms with van der Waals surface area (Å²) in [5.41, 5.74) is 6.72. The summed E-state index contributed by atoms with van der Waals surface area (Å²) in [4.78, 5) is 40.0. The monoisotopic (exact) mass is 1050 g/mol. The normalized spacial score (nSPS) is 16.7. The fourth-order valence-electron chi connectivity index (χ4n) is 6.91. The van der Waals surface area contributed by atoms with Gasteiger partial charge in [-0.15, -0.1) is 0 Å². The number of benzene rings is 1. The Morgan fingerprint density at radius 1 is 0.506 bits per heavy atom. The highest BCUT2D eigenvalue weighted by atomic mass is 19.1. The number of aldehydes is 1. The molecule has 8 aromatic rings. The first kappa shape index (κ1) is 56.6. The van der Waals surface area contributed by atoms with Gasteiger partial charge < -0.3 is 54.6 Å². The Bertz CT molecular complexity index is 3220. The Kier molecular flexibility index (Phi) is 21.1. The highest BCUT2D eigenvalue weighted by Crippen LogP contribution is 2.28. The van der Waals surface area contributed by atoms with Crippen molar-refractivity contribution in [3.05, 3.63) is 175 Å². The molecule has 5 atom stereocenters. The number of methoxy groups -OCH3 is 3. The lowest BCUT2D eigenvalue weighted by atomic mass is 10.00. The van der Waals surface area contributed by atoms with Gasteiger partial charge in [-0.3, -0.25) is 19.7 Å². The largest absolute Gasteiger partial charge is 0.497 e. The van der Waals surface area contributed by atoms with Crippen molar-refractivity contribution in [3.8, 4) is 68.4 Å². The lowest BCUT2D eigenvalue weighted by Crippen LogP contribution is -2.58. The highest BCUT2D eigenvalue weighted by Gasteiger charge is 2.43. The van der Waals surface area contributed by atoms with E-state index in [0.29, 0.717) is 80.5 Å². The third-order valence-corrected chi connectivity index (χ3v) is 10.6. The molecule has 0 saturated carbocycles. The van der Waals surface area contributed by atoms with Gasteiger partial charge in [0.2, 0.25) is 6.29 Å². The van der Waals surface area contributed by atoms with Gasteiger partial charge in [-0.25, -0.2) is 24.3 Å². The average molecular weight is 1050 g/mol. The van der Waals surface area contributed by atoms with Gasteiger partial charge in [0, 0.05) is 66.5 Å². The molecule has 1 aliphatic rings. The molecule has 0 bridgehead atoms. The van der Waals surface area contributed by atoms with Crippen LogP contribution in [0.4, 0.5) is 4.39 Å². The SMILES string of the molecule is COc1cc(/C=N/O)nc(-c2ccc(F)cn2)c1.COc1cc(/C=N/O)nc(-c2ccccc2)c1.COc1cc(C=O)nc(-c2ccccn2)c1.C[C@H]1O[C@H](Oc2cc(/C=N/O)nc(-c3ccccn3)c2)[C@H](O)[C@@H](O)[C@@H]1O. The van der Waals surface area contributed by atoms with E-state index in [1.165, 1.54) is 37.7 Å². The zero-order chi connectivity index (χ0) is 55.1. The van der Waals surface area contributed by atoms with Crippen LogP contribution < -0.4 is 18.9 Å². The summed E-state index contributed by atoms with van der Waals surface area (Å²) in [6.45, 7) is 1.56. The van der Waals surface area contributed by atoms with Crippen molar-refractivity contribution in [1.29, 1.82) is 0 Å². The van der Waals surface area contributed by atoms with Crippen molar-refractivity contribution in [2.45, 2.75) is 37.6 Å². The molecule has 77 heavy (non-hydrogen) atoms. The minimum Gasteiger partial charge on any atom is -0.497 e. The molecule has 0 aliphatic carbocycles. The van der Waals surface area contributed by atoms with Crippen LogP contribution in [0, 0.1) is 5.82 Å². The molecule has 0 spiro atoms. The van der Waals surface area contributed by atoms with Gasteiger partial charge in [0.15, 0.2) is 6.29 Å². The number of pyridine rings is 7. The van der Waals surface area contributed by atoms with Crippen LogP contribution in [0.3, 0.4) is 0 Å². The van der Waals surface area contributed by atoms with Crippen molar-refractivity contribution < 1.29 is 63.8 Å². The van der Waals surface area contributed by atoms with Crippen LogP contribution in [-0.4, -0.2) is 143 Å². The van der Waals surface area contributed by atoms with Gasteiger partial charge >= 0.3 is 0 Å². The zero-order valence-electron chi connectivity index (χ0n) is 41.5. The number of oxime groups is 3. The van der Waals surface area contributed by atoms with Crippen molar-refractivity contribution in [1.82, 2.24) is 34.9 Å². The maximum Gasteiger partial charge on any atom is 0.229 e. The molecule has 1 fully saturated rings. The van der Waals surface area contributed by atoms with Gasteiger partial charge in [0.1, 0.15) is 52.8 Å². The molecule has 7 aromatic heterocycles. The number of halogens is 1. The van der Waals surface area contributed by atoms with Crippen molar-refractivity contribution in [3.63, 3.8) is 0 Å². The zero-order valence-corrected chi connectivity index (χ0v) is 41.5. The Hall–Kier alpha value is -9.68. The molecule has 23 heteroatoms. The molecule has 9 rings (SSSR count). The lowest BCUT2D eigenvalue weighted by molar-refractivity contribution is -0.268. The number of carbonyl (C=O) groups is 1. The van der Waals surface area contributed by atoms with Gasteiger partial charge in [0.25, 0.3) is 0 Å². The molecule has 0 amide bonds. The second-order valence-corrected chi connectivity index (χ2v) is 15.9. The summed E-state index contributed by atoms with van der Waals surface area (Å²) in [5, 5.41) is 64.4. The number of aromatic nitrogens is 7. The van der Waals surface area contributed by atoms with E-state index in [9.17, 15) is 24.5 Å². The third kappa shape index (κ3) is 16.4. The van der Waals surface area contributed by atoms with Crippen molar-refractivity contribution in [2.75, 3.05) is 21.3 Å². The Morgan fingerprint density at radius 3 is 1.40 bits per heavy atom. The predicted octanol–water partition coefficient (Wildman–Crippen LogP) is 6.79. The van der Waals surface area contributed by atoms with E-state index in [1.807, 2.05) is 54.6 Å². The number of hydrogen-bond acceptors (Lipinski definition) is 22. The van der Waals surface area contributed by atoms with Crippen LogP contribution in [0.2, 0.25) is 0 Å². The second-order valence-electron chi connectivity index (χ2n) is 15.9. The van der Waals surface area contributed by atoms with Crippen LogP contribution in [0.15, 0.2) is 161 Å². The summed E-state index contributed by atoms with van der Waals surface area (Å²) in [5.74, 6) is 1.65. The number of aliphatic hydroxyl groups excluding tert-OH is 3. The van der Waals surface area contributed by atoms with E-state index in [4.69, 9.17) is 39.3 Å². The fraction of sp³-hybridized carbons (Fsp3) is 0.167. The minimum absolute atomic E-state index is 0.260. The number of hydrogen-bond donors (Lipinski definition) is 6. The fourth-order valence-corrected chi connectivity index (χ4v) is 6.91. The second kappa shape index (κ2) is 28.7. The van der Waals surface area contributed by atoms with Crippen LogP contribution in [0.5, 0.6) is 23.0 Å². The molecular formula is C54H51FN10O12. The summed E-state index contributed by atoms with van der Waals surface area (Å²) >= 11 is 0. The van der Waals surface area contributed by atoms with E-state index in [0.717, 1.165) is 23.7 Å². The first-order valence-electron chi connectivity index (χ1n) is 22.9. The summed E-state index contributed by atoms with van der Waals surface area (Å²) in [6, 6.07) is 36.6. The molecular weight excluding hydrogens is 1000 g/mol. The molecule has 1 aromatic carbocycles. The maximum absolute atomic E-state index is 12.8. The third-order valence-electron chi connectivity index (χ3n) is 10.6. The Balaban J connectivity index is 0.000000170. The lowest BCUT2D eigenvalue weighted by Gasteiger charge is -2.38. The van der Waals surface area contributed by atoms with E-state index in [-0.39, 0.29) is 5.75 Å². The summed E-state index contributed by atoms with van der Waals surface area (Å²) in [6.07, 6.45) is 2.67. The van der Waals surface area contributed by atoms with E-state index in [2.05, 4.69) is 50.4 Å². The number of aliphatic hydroxyl groups is 3. The first-order chi connectivity index (χ1) is 37.4. The summed E-state index contributed by atoms with van der Waals surface area (Å²) < 4.78 is 39.2.